The van der Waals surface area contributed by atoms with Gasteiger partial charge in [0.05, 0.1) is 0 Å². The van der Waals surface area contributed by atoms with E-state index in [2.05, 4.69) is 6.58 Å². The van der Waals surface area contributed by atoms with Crippen LogP contribution in [0.5, 0.6) is 0 Å². The molecule has 0 spiro atoms. The topological polar surface area (TPSA) is 0 Å². The molecule has 0 heterocycles. The van der Waals surface area contributed by atoms with Gasteiger partial charge in [-0.25, -0.2) is 4.39 Å². The summed E-state index contributed by atoms with van der Waals surface area (Å²) in [5.41, 5.74) is 1.96. The van der Waals surface area contributed by atoms with Gasteiger partial charge in [0.25, 0.3) is 0 Å². The molecular weight excluding hydrogens is 175 g/mol. The van der Waals surface area contributed by atoms with Gasteiger partial charge in [-0.2, -0.15) is 0 Å². The molecule has 1 radical (unpaired) electrons. The summed E-state index contributed by atoms with van der Waals surface area (Å²) in [6.45, 7) is 5.56. The molecule has 0 nitrogen and oxygen atoms in total. The molecule has 14 heavy (non-hydrogen) atoms. The molecule has 1 saturated carbocycles. The molecule has 2 rings (SSSR count). The van der Waals surface area contributed by atoms with Crippen LogP contribution in [0.4, 0.5) is 4.39 Å². The largest absolute Gasteiger partial charge is 0.207 e. The second-order valence-electron chi connectivity index (χ2n) is 3.90. The highest BCUT2D eigenvalue weighted by atomic mass is 19.1. The van der Waals surface area contributed by atoms with E-state index in [0.717, 1.165) is 5.92 Å². The maximum atomic E-state index is 13.4. The van der Waals surface area contributed by atoms with E-state index in [1.807, 2.05) is 19.1 Å². The van der Waals surface area contributed by atoms with E-state index >= 15 is 0 Å². The first kappa shape index (κ1) is 9.45. The number of benzene rings is 1. The summed E-state index contributed by atoms with van der Waals surface area (Å²) >= 11 is 0. The van der Waals surface area contributed by atoms with Crippen molar-refractivity contribution in [2.75, 3.05) is 0 Å². The third-order valence-corrected chi connectivity index (χ3v) is 2.77. The number of hydrogen-bond donors (Lipinski definition) is 0. The molecule has 1 aliphatic rings. The smallest absolute Gasteiger partial charge is 0.127 e. The summed E-state index contributed by atoms with van der Waals surface area (Å²) in [6.07, 6.45) is 4.20. The summed E-state index contributed by atoms with van der Waals surface area (Å²) in [7, 11) is 0. The SMILES string of the molecule is C=C[C](C)c1cc(C2CC2)ccc1F. The minimum Gasteiger partial charge on any atom is -0.207 e. The van der Waals surface area contributed by atoms with Crippen molar-refractivity contribution in [3.05, 3.63) is 53.7 Å². The fourth-order valence-electron chi connectivity index (χ4n) is 1.63. The lowest BCUT2D eigenvalue weighted by atomic mass is 9.97. The Morgan fingerprint density at radius 1 is 1.50 bits per heavy atom. The van der Waals surface area contributed by atoms with Crippen LogP contribution < -0.4 is 0 Å². The Balaban J connectivity index is 2.35. The average Bonchev–Trinajstić information content (AvgIpc) is 3.01. The number of halogens is 1. The first-order valence-electron chi connectivity index (χ1n) is 4.98. The molecule has 0 saturated heterocycles. The highest BCUT2D eigenvalue weighted by Gasteiger charge is 2.24. The van der Waals surface area contributed by atoms with Crippen LogP contribution in [0, 0.1) is 11.7 Å². The molecule has 0 aromatic heterocycles. The molecule has 1 fully saturated rings. The van der Waals surface area contributed by atoms with Gasteiger partial charge in [-0.05, 0) is 36.0 Å². The van der Waals surface area contributed by atoms with Gasteiger partial charge in [0.15, 0.2) is 0 Å². The lowest BCUT2D eigenvalue weighted by Crippen LogP contribution is -1.96. The van der Waals surface area contributed by atoms with Crippen LogP contribution in [0.1, 0.15) is 36.8 Å². The third-order valence-electron chi connectivity index (χ3n) is 2.77. The molecule has 0 unspecified atom stereocenters. The van der Waals surface area contributed by atoms with Crippen molar-refractivity contribution in [3.8, 4) is 0 Å². The van der Waals surface area contributed by atoms with Crippen LogP contribution in [-0.4, -0.2) is 0 Å². The van der Waals surface area contributed by atoms with E-state index in [9.17, 15) is 4.39 Å². The second-order valence-corrected chi connectivity index (χ2v) is 3.90. The Morgan fingerprint density at radius 3 is 2.79 bits per heavy atom. The first-order chi connectivity index (χ1) is 6.72. The van der Waals surface area contributed by atoms with Crippen LogP contribution in [0.3, 0.4) is 0 Å². The van der Waals surface area contributed by atoms with E-state index in [1.165, 1.54) is 18.4 Å². The summed E-state index contributed by atoms with van der Waals surface area (Å²) in [5.74, 6) is 1.43. The summed E-state index contributed by atoms with van der Waals surface area (Å²) in [6, 6.07) is 5.42. The number of hydrogen-bond acceptors (Lipinski definition) is 0. The van der Waals surface area contributed by atoms with Crippen LogP contribution in [-0.2, 0) is 0 Å². The zero-order valence-corrected chi connectivity index (χ0v) is 8.39. The fraction of sp³-hybridized carbons (Fsp3) is 0.308. The van der Waals surface area contributed by atoms with Crippen molar-refractivity contribution in [3.63, 3.8) is 0 Å². The molecule has 0 aliphatic heterocycles. The monoisotopic (exact) mass is 189 g/mol. The van der Waals surface area contributed by atoms with Gasteiger partial charge in [-0.15, -0.1) is 6.58 Å². The van der Waals surface area contributed by atoms with Crippen molar-refractivity contribution in [1.29, 1.82) is 0 Å². The van der Waals surface area contributed by atoms with Gasteiger partial charge in [-0.1, -0.05) is 25.1 Å². The zero-order chi connectivity index (χ0) is 10.1. The van der Waals surface area contributed by atoms with Crippen LogP contribution in [0.25, 0.3) is 0 Å². The second kappa shape index (κ2) is 3.56. The molecule has 73 valence electrons. The van der Waals surface area contributed by atoms with E-state index in [1.54, 1.807) is 12.1 Å². The van der Waals surface area contributed by atoms with E-state index in [0.29, 0.717) is 11.5 Å². The van der Waals surface area contributed by atoms with Crippen LogP contribution >= 0.6 is 0 Å². The van der Waals surface area contributed by atoms with Gasteiger partial charge >= 0.3 is 0 Å². The normalized spacial score (nSPS) is 15.9. The predicted octanol–water partition coefficient (Wildman–Crippen LogP) is 3.83. The molecule has 0 atom stereocenters. The lowest BCUT2D eigenvalue weighted by molar-refractivity contribution is 0.616. The minimum absolute atomic E-state index is 0.146. The maximum absolute atomic E-state index is 13.4. The Labute approximate surface area is 84.5 Å². The van der Waals surface area contributed by atoms with Crippen molar-refractivity contribution >= 4 is 0 Å². The quantitative estimate of drug-likeness (QED) is 0.677. The average molecular weight is 189 g/mol. The molecule has 0 bridgehead atoms. The lowest BCUT2D eigenvalue weighted by Gasteiger charge is -2.09. The molecular formula is C13H14F. The zero-order valence-electron chi connectivity index (χ0n) is 8.39. The van der Waals surface area contributed by atoms with Crippen LogP contribution in [0.2, 0.25) is 0 Å². The van der Waals surface area contributed by atoms with Gasteiger partial charge in [-0.3, -0.25) is 0 Å². The molecule has 1 aromatic rings. The van der Waals surface area contributed by atoms with Crippen molar-refractivity contribution in [1.82, 2.24) is 0 Å². The Hall–Kier alpha value is -1.11. The van der Waals surface area contributed by atoms with Gasteiger partial charge in [0.2, 0.25) is 0 Å². The fourth-order valence-corrected chi connectivity index (χ4v) is 1.63. The van der Waals surface area contributed by atoms with Gasteiger partial charge in [0, 0.05) is 5.92 Å². The third kappa shape index (κ3) is 1.72. The Bertz CT molecular complexity index is 350. The van der Waals surface area contributed by atoms with E-state index < -0.39 is 0 Å². The summed E-state index contributed by atoms with van der Waals surface area (Å²) < 4.78 is 13.4. The minimum atomic E-state index is -0.146. The van der Waals surface area contributed by atoms with Crippen LogP contribution in [0.15, 0.2) is 30.9 Å². The Morgan fingerprint density at radius 2 is 2.21 bits per heavy atom. The summed E-state index contributed by atoms with van der Waals surface area (Å²) in [4.78, 5) is 0. The van der Waals surface area contributed by atoms with E-state index in [-0.39, 0.29) is 5.82 Å². The molecule has 1 aliphatic carbocycles. The molecule has 1 aromatic carbocycles. The highest BCUT2D eigenvalue weighted by molar-refractivity contribution is 5.40. The molecule has 0 N–H and O–H groups in total. The first-order valence-corrected chi connectivity index (χ1v) is 4.98. The van der Waals surface area contributed by atoms with Crippen molar-refractivity contribution < 1.29 is 4.39 Å². The number of allylic oxidation sites excluding steroid dienone is 1. The van der Waals surface area contributed by atoms with Gasteiger partial charge < -0.3 is 0 Å². The maximum Gasteiger partial charge on any atom is 0.127 e. The predicted molar refractivity (Wildman–Crippen MR) is 56.6 cm³/mol. The Kier molecular flexibility index (Phi) is 2.40. The molecule has 1 heteroatoms. The molecule has 0 amide bonds. The van der Waals surface area contributed by atoms with Crippen molar-refractivity contribution in [2.45, 2.75) is 25.7 Å². The van der Waals surface area contributed by atoms with E-state index in [4.69, 9.17) is 0 Å². The summed E-state index contributed by atoms with van der Waals surface area (Å²) in [5, 5.41) is 0. The van der Waals surface area contributed by atoms with Gasteiger partial charge in [0.1, 0.15) is 5.82 Å². The number of rotatable bonds is 3. The standard InChI is InChI=1S/C13H14F/c1-3-9(2)12-8-11(10-4-5-10)6-7-13(12)14/h3,6-8,10H,1,4-5H2,2H3. The highest BCUT2D eigenvalue weighted by Crippen LogP contribution is 2.41. The van der Waals surface area contributed by atoms with Crippen molar-refractivity contribution in [2.24, 2.45) is 0 Å².